The molecule has 4 aromatic rings. The summed E-state index contributed by atoms with van der Waals surface area (Å²) in [6.45, 7) is 6.18. The Morgan fingerprint density at radius 3 is 2.61 bits per heavy atom. The van der Waals surface area contributed by atoms with Gasteiger partial charge in [-0.3, -0.25) is 20.4 Å². The highest BCUT2D eigenvalue weighted by Crippen LogP contribution is 2.22. The number of rotatable bonds is 5. The van der Waals surface area contributed by atoms with E-state index in [-0.39, 0.29) is 5.91 Å². The summed E-state index contributed by atoms with van der Waals surface area (Å²) in [5.74, 6) is 0.423. The number of nitrogens with one attached hydrogen (secondary N) is 3. The van der Waals surface area contributed by atoms with E-state index in [4.69, 9.17) is 11.6 Å². The van der Waals surface area contributed by atoms with Crippen molar-refractivity contribution >= 4 is 40.3 Å². The fraction of sp³-hybridized carbons (Fsp3) is 0.200. The molecule has 1 amide bonds. The van der Waals surface area contributed by atoms with Gasteiger partial charge < -0.3 is 4.98 Å². The van der Waals surface area contributed by atoms with Gasteiger partial charge in [-0.15, -0.1) is 0 Å². The van der Waals surface area contributed by atoms with Gasteiger partial charge in [-0.05, 0) is 69.2 Å². The van der Waals surface area contributed by atoms with Crippen LogP contribution in [-0.4, -0.2) is 33.4 Å². The molecule has 168 valence electrons. The molecule has 2 aromatic carbocycles. The summed E-state index contributed by atoms with van der Waals surface area (Å²) in [5.41, 5.74) is 5.33. The molecule has 0 unspecified atom stereocenters. The maximum absolute atomic E-state index is 12.8. The minimum absolute atomic E-state index is 0.256. The zero-order valence-electron chi connectivity index (χ0n) is 18.7. The van der Waals surface area contributed by atoms with Gasteiger partial charge in [0.2, 0.25) is 11.9 Å². The number of anilines is 1. The summed E-state index contributed by atoms with van der Waals surface area (Å²) < 4.78 is 0. The molecule has 7 nitrogen and oxygen atoms in total. The van der Waals surface area contributed by atoms with Crippen LogP contribution >= 0.6 is 11.6 Å². The highest BCUT2D eigenvalue weighted by Gasteiger charge is 2.12. The highest BCUT2D eigenvalue weighted by molar-refractivity contribution is 6.31. The Balaban J connectivity index is 1.55. The molecule has 0 aliphatic heterocycles. The number of aryl methyl sites for hydroxylation is 3. The van der Waals surface area contributed by atoms with Gasteiger partial charge in [-0.2, -0.15) is 0 Å². The quantitative estimate of drug-likeness (QED) is 0.289. The topological polar surface area (TPSA) is 95.1 Å². The molecule has 0 atom stereocenters. The molecular weight excluding hydrogens is 436 g/mol. The minimum Gasteiger partial charge on any atom is -0.361 e. The maximum atomic E-state index is 12.8. The van der Waals surface area contributed by atoms with E-state index in [2.05, 4.69) is 30.6 Å². The Kier molecular flexibility index (Phi) is 6.70. The number of hydrogen-bond acceptors (Lipinski definition) is 4. The molecule has 2 aromatic heterocycles. The molecule has 0 aliphatic carbocycles. The van der Waals surface area contributed by atoms with Gasteiger partial charge in [0.25, 0.3) is 5.91 Å². The highest BCUT2D eigenvalue weighted by atomic mass is 35.5. The van der Waals surface area contributed by atoms with E-state index < -0.39 is 0 Å². The Morgan fingerprint density at radius 2 is 1.85 bits per heavy atom. The molecule has 4 rings (SSSR count). The molecule has 33 heavy (non-hydrogen) atoms. The van der Waals surface area contributed by atoms with E-state index in [1.54, 1.807) is 6.07 Å². The minimum atomic E-state index is -0.256. The van der Waals surface area contributed by atoms with Crippen molar-refractivity contribution in [1.29, 1.82) is 0 Å². The van der Waals surface area contributed by atoms with E-state index >= 15 is 0 Å². The maximum Gasteiger partial charge on any atom is 0.257 e. The van der Waals surface area contributed by atoms with Crippen LogP contribution in [0.3, 0.4) is 0 Å². The van der Waals surface area contributed by atoms with Crippen LogP contribution in [0.4, 0.5) is 5.95 Å². The van der Waals surface area contributed by atoms with E-state index in [1.165, 1.54) is 0 Å². The number of aromatic nitrogens is 3. The Bertz CT molecular complexity index is 1320. The predicted octanol–water partition coefficient (Wildman–Crippen LogP) is 4.98. The zero-order valence-corrected chi connectivity index (χ0v) is 19.5. The number of H-pyrrole nitrogens is 1. The van der Waals surface area contributed by atoms with Crippen LogP contribution in [0.1, 0.15) is 32.9 Å². The number of carbonyl (C=O) groups is 1. The van der Waals surface area contributed by atoms with E-state index in [0.29, 0.717) is 35.5 Å². The standard InChI is InChI=1S/C25H25ClN6O/c1-15-5-4-6-18(11-15)23(33)31-24(32-25-29-16(2)12-17(3)30-25)27-10-9-19-14-28-22-8-7-20(26)13-21(19)22/h4-8,11-14,28H,9-10H2,1-3H3,(H2,27,29,30,31,32,33). The molecule has 8 heteroatoms. The normalized spacial score (nSPS) is 11.6. The molecule has 2 heterocycles. The molecular formula is C25H25ClN6O. The van der Waals surface area contributed by atoms with Gasteiger partial charge in [0.15, 0.2) is 0 Å². The van der Waals surface area contributed by atoms with Crippen molar-refractivity contribution in [2.45, 2.75) is 27.2 Å². The van der Waals surface area contributed by atoms with Crippen LogP contribution in [0.25, 0.3) is 10.9 Å². The van der Waals surface area contributed by atoms with E-state index in [0.717, 1.165) is 33.4 Å². The van der Waals surface area contributed by atoms with Gasteiger partial charge in [-0.1, -0.05) is 29.3 Å². The van der Waals surface area contributed by atoms with Crippen molar-refractivity contribution < 1.29 is 4.79 Å². The van der Waals surface area contributed by atoms with Gasteiger partial charge >= 0.3 is 0 Å². The lowest BCUT2D eigenvalue weighted by molar-refractivity contribution is 0.0977. The van der Waals surface area contributed by atoms with Crippen LogP contribution in [-0.2, 0) is 6.42 Å². The Morgan fingerprint density at radius 1 is 1.06 bits per heavy atom. The second kappa shape index (κ2) is 9.83. The number of nitrogens with zero attached hydrogens (tertiary/aromatic N) is 3. The smallest absolute Gasteiger partial charge is 0.257 e. The third kappa shape index (κ3) is 5.75. The number of carbonyl (C=O) groups excluding carboxylic acids is 1. The number of guanidine groups is 1. The predicted molar refractivity (Wildman–Crippen MR) is 133 cm³/mol. The lowest BCUT2D eigenvalue weighted by atomic mass is 10.1. The second-order valence-corrected chi connectivity index (χ2v) is 8.34. The fourth-order valence-electron chi connectivity index (χ4n) is 3.61. The number of aromatic amines is 1. The van der Waals surface area contributed by atoms with Crippen molar-refractivity contribution in [1.82, 2.24) is 20.3 Å². The number of halogens is 1. The summed E-state index contributed by atoms with van der Waals surface area (Å²) in [5, 5.41) is 7.68. The lowest BCUT2D eigenvalue weighted by Gasteiger charge is -2.12. The van der Waals surface area contributed by atoms with E-state index in [9.17, 15) is 4.79 Å². The van der Waals surface area contributed by atoms with Crippen LogP contribution in [0.5, 0.6) is 0 Å². The molecule has 0 saturated carbocycles. The SMILES string of the molecule is Cc1cccc(C(=O)NC(=NCCc2c[nH]c3ccc(Cl)cc23)Nc2nc(C)cc(C)n2)c1. The van der Waals surface area contributed by atoms with Crippen molar-refractivity contribution in [3.63, 3.8) is 0 Å². The molecule has 0 spiro atoms. The monoisotopic (exact) mass is 460 g/mol. The van der Waals surface area contributed by atoms with Gasteiger partial charge in [0.05, 0.1) is 0 Å². The number of amides is 1. The third-order valence-corrected chi connectivity index (χ3v) is 5.34. The summed E-state index contributed by atoms with van der Waals surface area (Å²) in [6.07, 6.45) is 2.63. The third-order valence-electron chi connectivity index (χ3n) is 5.11. The average molecular weight is 461 g/mol. The van der Waals surface area contributed by atoms with Crippen LogP contribution in [0.2, 0.25) is 5.02 Å². The van der Waals surface area contributed by atoms with Crippen LogP contribution in [0, 0.1) is 20.8 Å². The molecule has 0 bridgehead atoms. The first-order valence-corrected chi connectivity index (χ1v) is 11.0. The van der Waals surface area contributed by atoms with E-state index in [1.807, 2.05) is 69.4 Å². The van der Waals surface area contributed by atoms with Gasteiger partial charge in [-0.25, -0.2) is 9.97 Å². The summed E-state index contributed by atoms with van der Waals surface area (Å²) >= 11 is 6.16. The van der Waals surface area contributed by atoms with Gasteiger partial charge in [0, 0.05) is 45.6 Å². The summed E-state index contributed by atoms with van der Waals surface area (Å²) in [6, 6.07) is 15.0. The Labute approximate surface area is 197 Å². The fourth-order valence-corrected chi connectivity index (χ4v) is 3.78. The largest absolute Gasteiger partial charge is 0.361 e. The lowest BCUT2D eigenvalue weighted by Crippen LogP contribution is -2.37. The Hall–Kier alpha value is -3.71. The molecule has 0 radical (unpaired) electrons. The van der Waals surface area contributed by atoms with Crippen molar-refractivity contribution in [2.75, 3.05) is 11.9 Å². The molecule has 3 N–H and O–H groups in total. The zero-order chi connectivity index (χ0) is 23.4. The first-order valence-electron chi connectivity index (χ1n) is 10.6. The summed E-state index contributed by atoms with van der Waals surface area (Å²) in [7, 11) is 0. The summed E-state index contributed by atoms with van der Waals surface area (Å²) in [4.78, 5) is 29.5. The average Bonchev–Trinajstić information content (AvgIpc) is 3.15. The van der Waals surface area contributed by atoms with Crippen molar-refractivity contribution in [2.24, 2.45) is 4.99 Å². The molecule has 0 fully saturated rings. The molecule has 0 aliphatic rings. The van der Waals surface area contributed by atoms with Crippen LogP contribution < -0.4 is 10.6 Å². The number of benzene rings is 2. The number of hydrogen-bond donors (Lipinski definition) is 3. The number of aliphatic imine (C=N–C) groups is 1. The van der Waals surface area contributed by atoms with Crippen LogP contribution in [0.15, 0.2) is 59.7 Å². The second-order valence-electron chi connectivity index (χ2n) is 7.91. The van der Waals surface area contributed by atoms with Gasteiger partial charge in [0.1, 0.15) is 0 Å². The molecule has 0 saturated heterocycles. The first kappa shape index (κ1) is 22.5. The number of fused-ring (bicyclic) bond motifs is 1. The first-order chi connectivity index (χ1) is 15.9. The van der Waals surface area contributed by atoms with Crippen molar-refractivity contribution in [3.8, 4) is 0 Å². The van der Waals surface area contributed by atoms with Crippen molar-refractivity contribution in [3.05, 3.63) is 87.8 Å².